The summed E-state index contributed by atoms with van der Waals surface area (Å²) in [4.78, 5) is 23.3. The van der Waals surface area contributed by atoms with Gasteiger partial charge in [0.05, 0.1) is 16.7 Å². The number of ether oxygens (including phenoxy) is 2. The first-order valence-electron chi connectivity index (χ1n) is 9.06. The standard InChI is InChI=1S/C19H24Cl4O4/c1-2-11-26-15(24)9-7-5-3-4-6-8-10-16(25)27-19-17(22)13(20)12-14(21)18(19)23/h12H,2-11H2,1H3. The molecule has 0 N–H and O–H groups in total. The van der Waals surface area contributed by atoms with Gasteiger partial charge in [0.15, 0.2) is 5.75 Å². The van der Waals surface area contributed by atoms with Gasteiger partial charge in [0.25, 0.3) is 0 Å². The van der Waals surface area contributed by atoms with Gasteiger partial charge in [-0.2, -0.15) is 0 Å². The first-order chi connectivity index (χ1) is 12.9. The maximum absolute atomic E-state index is 12.0. The predicted octanol–water partition coefficient (Wildman–Crippen LogP) is 7.28. The maximum Gasteiger partial charge on any atom is 0.311 e. The van der Waals surface area contributed by atoms with E-state index in [1.807, 2.05) is 6.92 Å². The van der Waals surface area contributed by atoms with Gasteiger partial charge < -0.3 is 9.47 Å². The molecule has 1 rings (SSSR count). The second kappa shape index (κ2) is 13.5. The van der Waals surface area contributed by atoms with Crippen molar-refractivity contribution in [2.24, 2.45) is 0 Å². The van der Waals surface area contributed by atoms with Crippen molar-refractivity contribution in [1.29, 1.82) is 0 Å². The summed E-state index contributed by atoms with van der Waals surface area (Å²) in [7, 11) is 0. The molecule has 152 valence electrons. The topological polar surface area (TPSA) is 52.6 Å². The number of carbonyl (C=O) groups excluding carboxylic acids is 2. The van der Waals surface area contributed by atoms with Gasteiger partial charge in [-0.3, -0.25) is 9.59 Å². The average molecular weight is 458 g/mol. The quantitative estimate of drug-likeness (QED) is 0.143. The summed E-state index contributed by atoms with van der Waals surface area (Å²) < 4.78 is 10.2. The van der Waals surface area contributed by atoms with Gasteiger partial charge in [-0.05, 0) is 25.3 Å². The van der Waals surface area contributed by atoms with Gasteiger partial charge in [-0.1, -0.05) is 79.0 Å². The summed E-state index contributed by atoms with van der Waals surface area (Å²) in [5.41, 5.74) is 0. The molecule has 0 unspecified atom stereocenters. The van der Waals surface area contributed by atoms with Crippen molar-refractivity contribution in [3.63, 3.8) is 0 Å². The fraction of sp³-hybridized carbons (Fsp3) is 0.579. The smallest absolute Gasteiger partial charge is 0.311 e. The molecular weight excluding hydrogens is 434 g/mol. The summed E-state index contributed by atoms with van der Waals surface area (Å²) in [5.74, 6) is -0.565. The number of hydrogen-bond donors (Lipinski definition) is 0. The van der Waals surface area contributed by atoms with Crippen LogP contribution in [0.2, 0.25) is 20.1 Å². The van der Waals surface area contributed by atoms with Crippen LogP contribution in [0.3, 0.4) is 0 Å². The first-order valence-corrected chi connectivity index (χ1v) is 10.6. The lowest BCUT2D eigenvalue weighted by Gasteiger charge is -2.10. The van der Waals surface area contributed by atoms with Crippen molar-refractivity contribution in [3.8, 4) is 5.75 Å². The fourth-order valence-corrected chi connectivity index (χ4v) is 3.21. The fourth-order valence-electron chi connectivity index (χ4n) is 2.34. The van der Waals surface area contributed by atoms with E-state index in [4.69, 9.17) is 55.9 Å². The predicted molar refractivity (Wildman–Crippen MR) is 110 cm³/mol. The van der Waals surface area contributed by atoms with Gasteiger partial charge in [0, 0.05) is 12.8 Å². The Hall–Kier alpha value is -0.680. The number of hydrogen-bond acceptors (Lipinski definition) is 4. The van der Waals surface area contributed by atoms with Crippen LogP contribution in [-0.4, -0.2) is 18.5 Å². The summed E-state index contributed by atoms with van der Waals surface area (Å²) >= 11 is 23.8. The molecule has 0 saturated heterocycles. The Balaban J connectivity index is 2.18. The highest BCUT2D eigenvalue weighted by atomic mass is 35.5. The van der Waals surface area contributed by atoms with Crippen LogP contribution in [0, 0.1) is 0 Å². The molecule has 0 fully saturated rings. The molecular formula is C19H24Cl4O4. The molecule has 0 radical (unpaired) electrons. The summed E-state index contributed by atoms with van der Waals surface area (Å²) in [6, 6.07) is 1.40. The molecule has 0 aliphatic heterocycles. The Morgan fingerprint density at radius 3 is 1.81 bits per heavy atom. The molecule has 0 saturated carbocycles. The van der Waals surface area contributed by atoms with Crippen LogP contribution in [0.15, 0.2) is 6.07 Å². The van der Waals surface area contributed by atoms with Crippen LogP contribution in [-0.2, 0) is 14.3 Å². The van der Waals surface area contributed by atoms with Gasteiger partial charge in [-0.25, -0.2) is 0 Å². The van der Waals surface area contributed by atoms with Crippen LogP contribution in [0.25, 0.3) is 0 Å². The van der Waals surface area contributed by atoms with Gasteiger partial charge in [-0.15, -0.1) is 0 Å². The molecule has 27 heavy (non-hydrogen) atoms. The summed E-state index contributed by atoms with van der Waals surface area (Å²) in [5, 5.41) is 0.480. The molecule has 8 heteroatoms. The highest BCUT2D eigenvalue weighted by Gasteiger charge is 2.18. The summed E-state index contributed by atoms with van der Waals surface area (Å²) in [6.45, 7) is 2.46. The molecule has 0 amide bonds. The zero-order valence-corrected chi connectivity index (χ0v) is 18.3. The van der Waals surface area contributed by atoms with Crippen molar-refractivity contribution >= 4 is 58.3 Å². The van der Waals surface area contributed by atoms with E-state index in [1.165, 1.54) is 6.07 Å². The van der Waals surface area contributed by atoms with E-state index >= 15 is 0 Å². The SMILES string of the molecule is CCCOC(=O)CCCCCCCCC(=O)Oc1c(Cl)c(Cl)cc(Cl)c1Cl. The van der Waals surface area contributed by atoms with Crippen LogP contribution in [0.4, 0.5) is 0 Å². The number of esters is 2. The van der Waals surface area contributed by atoms with Gasteiger partial charge >= 0.3 is 11.9 Å². The number of halogens is 4. The number of unbranched alkanes of at least 4 members (excludes halogenated alkanes) is 5. The Kier molecular flexibility index (Phi) is 12.2. The molecule has 0 aliphatic carbocycles. The third kappa shape index (κ3) is 9.38. The third-order valence-electron chi connectivity index (χ3n) is 3.77. The second-order valence-corrected chi connectivity index (χ2v) is 7.68. The first kappa shape index (κ1) is 24.4. The van der Waals surface area contributed by atoms with Crippen molar-refractivity contribution in [2.45, 2.75) is 64.7 Å². The summed E-state index contributed by atoms with van der Waals surface area (Å²) in [6.07, 6.45) is 6.95. The molecule has 0 bridgehead atoms. The number of carbonyl (C=O) groups is 2. The second-order valence-electron chi connectivity index (χ2n) is 6.11. The molecule has 1 aromatic rings. The van der Waals surface area contributed by atoms with E-state index in [2.05, 4.69) is 0 Å². The Bertz CT molecular complexity index is 608. The zero-order chi connectivity index (χ0) is 20.2. The van der Waals surface area contributed by atoms with Crippen molar-refractivity contribution in [1.82, 2.24) is 0 Å². The van der Waals surface area contributed by atoms with Crippen molar-refractivity contribution in [3.05, 3.63) is 26.2 Å². The Morgan fingerprint density at radius 2 is 1.30 bits per heavy atom. The van der Waals surface area contributed by atoms with Gasteiger partial charge in [0.2, 0.25) is 0 Å². The van der Waals surface area contributed by atoms with E-state index in [1.54, 1.807) is 0 Å². The van der Waals surface area contributed by atoms with Crippen LogP contribution in [0.1, 0.15) is 64.7 Å². The van der Waals surface area contributed by atoms with Crippen LogP contribution < -0.4 is 4.74 Å². The largest absolute Gasteiger partial charge is 0.466 e. The average Bonchev–Trinajstić information content (AvgIpc) is 2.64. The lowest BCUT2D eigenvalue weighted by Crippen LogP contribution is -2.08. The minimum absolute atomic E-state index is 0.00390. The molecule has 0 spiro atoms. The Morgan fingerprint density at radius 1 is 0.815 bits per heavy atom. The minimum atomic E-state index is -0.434. The Labute approximate surface area is 180 Å². The monoisotopic (exact) mass is 456 g/mol. The zero-order valence-electron chi connectivity index (χ0n) is 15.3. The highest BCUT2D eigenvalue weighted by molar-refractivity contribution is 6.48. The molecule has 1 aromatic carbocycles. The number of benzene rings is 1. The number of rotatable bonds is 12. The molecule has 0 heterocycles. The van der Waals surface area contributed by atoms with Gasteiger partial charge in [0.1, 0.15) is 10.0 Å². The van der Waals surface area contributed by atoms with E-state index in [-0.39, 0.29) is 38.2 Å². The van der Waals surface area contributed by atoms with E-state index in [0.717, 1.165) is 38.5 Å². The highest BCUT2D eigenvalue weighted by Crippen LogP contribution is 2.42. The normalized spacial score (nSPS) is 10.7. The maximum atomic E-state index is 12.0. The minimum Gasteiger partial charge on any atom is -0.466 e. The van der Waals surface area contributed by atoms with Crippen molar-refractivity contribution < 1.29 is 19.1 Å². The lowest BCUT2D eigenvalue weighted by molar-refractivity contribution is -0.143. The molecule has 4 nitrogen and oxygen atoms in total. The molecule has 0 atom stereocenters. The van der Waals surface area contributed by atoms with Crippen LogP contribution in [0.5, 0.6) is 5.75 Å². The van der Waals surface area contributed by atoms with Crippen molar-refractivity contribution in [2.75, 3.05) is 6.61 Å². The third-order valence-corrected chi connectivity index (χ3v) is 5.31. The van der Waals surface area contributed by atoms with E-state index in [9.17, 15) is 9.59 Å². The van der Waals surface area contributed by atoms with Crippen LogP contribution >= 0.6 is 46.4 Å². The lowest BCUT2D eigenvalue weighted by atomic mass is 10.1. The van der Waals surface area contributed by atoms with E-state index < -0.39 is 5.97 Å². The molecule has 0 aromatic heterocycles. The van der Waals surface area contributed by atoms with E-state index in [0.29, 0.717) is 19.4 Å². The molecule has 0 aliphatic rings.